The summed E-state index contributed by atoms with van der Waals surface area (Å²) in [5, 5.41) is 5.91. The van der Waals surface area contributed by atoms with Gasteiger partial charge < -0.3 is 4.74 Å². The van der Waals surface area contributed by atoms with Crippen molar-refractivity contribution in [2.75, 3.05) is 0 Å². The largest absolute Gasteiger partial charge is 0.474 e. The molecule has 0 spiro atoms. The molecule has 0 saturated carbocycles. The fourth-order valence-corrected chi connectivity index (χ4v) is 2.98. The van der Waals surface area contributed by atoms with E-state index in [1.165, 1.54) is 11.1 Å². The molecular formula is C20H20N3O2P. The summed E-state index contributed by atoms with van der Waals surface area (Å²) >= 11 is 0. The van der Waals surface area contributed by atoms with Gasteiger partial charge in [0.05, 0.1) is 12.3 Å². The number of nitrogens with zero attached hydrogens (tertiary/aromatic N) is 3. The minimum atomic E-state index is -0.272. The van der Waals surface area contributed by atoms with Crippen molar-refractivity contribution < 1.29 is 9.53 Å². The number of hydrogen-bond acceptors (Lipinski definition) is 4. The second-order valence-electron chi connectivity index (χ2n) is 6.04. The highest BCUT2D eigenvalue weighted by Crippen LogP contribution is 2.27. The van der Waals surface area contributed by atoms with Crippen molar-refractivity contribution in [1.29, 1.82) is 0 Å². The number of pyridine rings is 1. The zero-order valence-electron chi connectivity index (χ0n) is 14.6. The van der Waals surface area contributed by atoms with Crippen LogP contribution in [0.4, 0.5) is 0 Å². The van der Waals surface area contributed by atoms with Gasteiger partial charge in [0.2, 0.25) is 5.88 Å². The summed E-state index contributed by atoms with van der Waals surface area (Å²) in [6.07, 6.45) is 3.89. The summed E-state index contributed by atoms with van der Waals surface area (Å²) in [4.78, 5) is 16.6. The molecule has 1 amide bonds. The molecule has 0 N–H and O–H groups in total. The fraction of sp³-hybridized carbons (Fsp3) is 0.200. The van der Waals surface area contributed by atoms with Gasteiger partial charge in [-0.05, 0) is 30.4 Å². The monoisotopic (exact) mass is 365 g/mol. The predicted octanol–water partition coefficient (Wildman–Crippen LogP) is 3.27. The zero-order valence-corrected chi connectivity index (χ0v) is 15.6. The summed E-state index contributed by atoms with van der Waals surface area (Å²) in [6.45, 7) is 5.94. The first-order chi connectivity index (χ1) is 12.6. The Morgan fingerprint density at radius 3 is 2.92 bits per heavy atom. The van der Waals surface area contributed by atoms with Crippen molar-refractivity contribution in [2.24, 2.45) is 5.10 Å². The molecule has 1 atom stereocenters. The number of carbonyl (C=O) groups is 1. The second-order valence-corrected chi connectivity index (χ2v) is 6.32. The van der Waals surface area contributed by atoms with Crippen LogP contribution in [0.15, 0.2) is 60.4 Å². The van der Waals surface area contributed by atoms with Crippen molar-refractivity contribution in [2.45, 2.75) is 26.0 Å². The van der Waals surface area contributed by atoms with Crippen LogP contribution in [-0.2, 0) is 17.8 Å². The SMILES string of the molecule is C=CC(=O)N(Cc1ccccc1)/N=C(\C=P)c1cnc2c(c1)CC(C)O2. The molecule has 1 aliphatic rings. The highest BCUT2D eigenvalue weighted by molar-refractivity contribution is 7.22. The van der Waals surface area contributed by atoms with Gasteiger partial charge in [0.25, 0.3) is 5.91 Å². The van der Waals surface area contributed by atoms with Crippen LogP contribution in [0.5, 0.6) is 5.88 Å². The van der Waals surface area contributed by atoms with Crippen molar-refractivity contribution in [3.05, 3.63) is 71.9 Å². The van der Waals surface area contributed by atoms with E-state index in [4.69, 9.17) is 4.74 Å². The molecule has 0 aliphatic carbocycles. The van der Waals surface area contributed by atoms with Gasteiger partial charge in [-0.3, -0.25) is 4.79 Å². The van der Waals surface area contributed by atoms with Crippen LogP contribution in [0, 0.1) is 0 Å². The summed E-state index contributed by atoms with van der Waals surface area (Å²) in [6, 6.07) is 11.7. The average Bonchev–Trinajstić information content (AvgIpc) is 3.04. The average molecular weight is 365 g/mol. The van der Waals surface area contributed by atoms with Gasteiger partial charge in [0, 0.05) is 23.7 Å². The van der Waals surface area contributed by atoms with Gasteiger partial charge in [0.1, 0.15) is 6.10 Å². The molecule has 1 unspecified atom stereocenters. The third kappa shape index (κ3) is 4.06. The van der Waals surface area contributed by atoms with E-state index in [0.717, 1.165) is 23.1 Å². The number of ether oxygens (including phenoxy) is 1. The number of amides is 1. The van der Waals surface area contributed by atoms with Gasteiger partial charge in [-0.2, -0.15) is 5.10 Å². The topological polar surface area (TPSA) is 54.8 Å². The van der Waals surface area contributed by atoms with Gasteiger partial charge >= 0.3 is 0 Å². The maximum absolute atomic E-state index is 12.3. The zero-order chi connectivity index (χ0) is 18.5. The summed E-state index contributed by atoms with van der Waals surface area (Å²) in [7, 11) is 3.41. The summed E-state index contributed by atoms with van der Waals surface area (Å²) in [5.41, 5.74) is 3.43. The quantitative estimate of drug-likeness (QED) is 0.342. The van der Waals surface area contributed by atoms with Crippen LogP contribution >= 0.6 is 8.86 Å². The maximum atomic E-state index is 12.3. The van der Waals surface area contributed by atoms with Crippen LogP contribution < -0.4 is 4.74 Å². The van der Waals surface area contributed by atoms with Crippen LogP contribution in [0.2, 0.25) is 0 Å². The van der Waals surface area contributed by atoms with Gasteiger partial charge in [-0.15, -0.1) is 8.86 Å². The minimum Gasteiger partial charge on any atom is -0.474 e. The normalized spacial score (nSPS) is 15.7. The molecule has 0 fully saturated rings. The minimum absolute atomic E-state index is 0.123. The Hall–Kier alpha value is -2.78. The number of carbonyl (C=O) groups excluding carboxylic acids is 1. The molecule has 0 bridgehead atoms. The molecule has 5 nitrogen and oxygen atoms in total. The number of hydrogen-bond donors (Lipinski definition) is 0. The summed E-state index contributed by atoms with van der Waals surface area (Å²) in [5.74, 6) is 2.07. The molecular weight excluding hydrogens is 345 g/mol. The molecule has 6 heteroatoms. The third-order valence-electron chi connectivity index (χ3n) is 4.01. The molecule has 1 aliphatic heterocycles. The molecule has 132 valence electrons. The van der Waals surface area contributed by atoms with Crippen LogP contribution in [0.3, 0.4) is 0 Å². The van der Waals surface area contributed by atoms with Crippen LogP contribution in [0.25, 0.3) is 0 Å². The molecule has 1 aromatic carbocycles. The van der Waals surface area contributed by atoms with Gasteiger partial charge in [-0.1, -0.05) is 36.9 Å². The lowest BCUT2D eigenvalue weighted by Gasteiger charge is -2.17. The van der Waals surface area contributed by atoms with Crippen molar-refractivity contribution >= 4 is 26.3 Å². The Morgan fingerprint density at radius 1 is 1.46 bits per heavy atom. The maximum Gasteiger partial charge on any atom is 0.266 e. The fourth-order valence-electron chi connectivity index (χ4n) is 2.76. The first kappa shape index (κ1) is 18.0. The Bertz CT molecular complexity index is 865. The van der Waals surface area contributed by atoms with Crippen molar-refractivity contribution in [3.63, 3.8) is 0 Å². The van der Waals surface area contributed by atoms with E-state index >= 15 is 0 Å². The standard InChI is InChI=1S/C20H20N3O2P/c1-3-19(24)23(12-15-7-5-4-6-8-15)22-18(13-26)17-10-16-9-14(2)25-20(16)21-11-17/h3-8,10-11,13-14,26H,1,9,12H2,2H3/b22-18+. The van der Waals surface area contributed by atoms with Crippen LogP contribution in [0.1, 0.15) is 23.6 Å². The van der Waals surface area contributed by atoms with Gasteiger partial charge in [0.15, 0.2) is 0 Å². The Morgan fingerprint density at radius 2 is 2.23 bits per heavy atom. The number of hydrazone groups is 1. The van der Waals surface area contributed by atoms with Gasteiger partial charge in [-0.25, -0.2) is 9.99 Å². The second kappa shape index (κ2) is 8.07. The third-order valence-corrected chi connectivity index (χ3v) is 4.28. The smallest absolute Gasteiger partial charge is 0.266 e. The number of rotatable bonds is 6. The molecule has 2 heterocycles. The number of aromatic nitrogens is 1. The molecule has 26 heavy (non-hydrogen) atoms. The molecule has 0 radical (unpaired) electrons. The lowest BCUT2D eigenvalue weighted by Crippen LogP contribution is -2.25. The predicted molar refractivity (Wildman–Crippen MR) is 106 cm³/mol. The lowest BCUT2D eigenvalue weighted by atomic mass is 10.1. The lowest BCUT2D eigenvalue weighted by molar-refractivity contribution is -0.126. The Labute approximate surface area is 155 Å². The highest BCUT2D eigenvalue weighted by Gasteiger charge is 2.21. The highest BCUT2D eigenvalue weighted by atomic mass is 31.0. The molecule has 0 saturated heterocycles. The Balaban J connectivity index is 1.91. The van der Waals surface area contributed by atoms with E-state index in [2.05, 4.69) is 25.5 Å². The molecule has 2 aromatic rings. The first-order valence-electron chi connectivity index (χ1n) is 8.33. The van der Waals surface area contributed by atoms with E-state index in [0.29, 0.717) is 18.1 Å². The van der Waals surface area contributed by atoms with E-state index in [9.17, 15) is 4.79 Å². The van der Waals surface area contributed by atoms with E-state index in [1.54, 1.807) is 12.0 Å². The molecule has 1 aromatic heterocycles. The molecule has 3 rings (SSSR count). The Kier molecular flexibility index (Phi) is 5.59. The van der Waals surface area contributed by atoms with Crippen LogP contribution in [-0.4, -0.2) is 33.5 Å². The number of fused-ring (bicyclic) bond motifs is 1. The van der Waals surface area contributed by atoms with E-state index < -0.39 is 0 Å². The van der Waals surface area contributed by atoms with Crippen molar-refractivity contribution in [1.82, 2.24) is 9.99 Å². The number of benzene rings is 1. The summed E-state index contributed by atoms with van der Waals surface area (Å²) < 4.78 is 5.64. The van der Waals surface area contributed by atoms with E-state index in [-0.39, 0.29) is 12.0 Å². The van der Waals surface area contributed by atoms with Crippen molar-refractivity contribution in [3.8, 4) is 5.88 Å². The first-order valence-corrected chi connectivity index (χ1v) is 8.91. The van der Waals surface area contributed by atoms with E-state index in [1.807, 2.05) is 43.3 Å².